The van der Waals surface area contributed by atoms with Crippen molar-refractivity contribution in [2.45, 2.75) is 0 Å². The molecule has 1 N–H and O–H groups in total. The lowest BCUT2D eigenvalue weighted by molar-refractivity contribution is 0.0601. The van der Waals surface area contributed by atoms with Gasteiger partial charge in [0.05, 0.1) is 12.7 Å². The third kappa shape index (κ3) is 1.97. The summed E-state index contributed by atoms with van der Waals surface area (Å²) in [6.45, 7) is 0. The van der Waals surface area contributed by atoms with Crippen LogP contribution in [0.15, 0.2) is 30.3 Å². The summed E-state index contributed by atoms with van der Waals surface area (Å²) in [6.07, 6.45) is 0. The van der Waals surface area contributed by atoms with Gasteiger partial charge < -0.3 is 9.84 Å². The molecule has 4 heteroatoms. The van der Waals surface area contributed by atoms with Crippen molar-refractivity contribution in [3.8, 4) is 5.75 Å². The molecule has 0 spiro atoms. The maximum Gasteiger partial charge on any atom is 0.337 e. The first-order valence-corrected chi connectivity index (χ1v) is 5.70. The molecule has 0 aliphatic carbocycles. The zero-order valence-corrected chi connectivity index (χ0v) is 10.7. The number of halogens is 1. The molecule has 2 aromatic carbocycles. The van der Waals surface area contributed by atoms with Crippen LogP contribution in [0.25, 0.3) is 10.8 Å². The van der Waals surface area contributed by atoms with Gasteiger partial charge in [0.15, 0.2) is 0 Å². The van der Waals surface area contributed by atoms with Crippen LogP contribution in [0.5, 0.6) is 5.75 Å². The number of phenolic OH excluding ortho intramolecular Hbond substituents is 1. The molecule has 0 aliphatic heterocycles. The Labute approximate surface area is 106 Å². The number of benzene rings is 2. The van der Waals surface area contributed by atoms with Crippen molar-refractivity contribution in [3.63, 3.8) is 0 Å². The maximum atomic E-state index is 11.4. The molecular weight excluding hydrogens is 319 g/mol. The number of fused-ring (bicyclic) bond motifs is 1. The number of ether oxygens (including phenoxy) is 1. The van der Waals surface area contributed by atoms with E-state index in [1.54, 1.807) is 24.3 Å². The first-order chi connectivity index (χ1) is 7.61. The van der Waals surface area contributed by atoms with Crippen molar-refractivity contribution in [1.29, 1.82) is 0 Å². The minimum absolute atomic E-state index is 0.185. The summed E-state index contributed by atoms with van der Waals surface area (Å²) in [5.74, 6) is -0.187. The zero-order valence-electron chi connectivity index (χ0n) is 8.53. The summed E-state index contributed by atoms with van der Waals surface area (Å²) in [6, 6.07) is 8.56. The second kappa shape index (κ2) is 4.29. The molecule has 0 saturated carbocycles. The number of rotatable bonds is 1. The van der Waals surface area contributed by atoms with Crippen molar-refractivity contribution >= 4 is 39.3 Å². The van der Waals surface area contributed by atoms with E-state index in [1.165, 1.54) is 7.11 Å². The number of hydrogen-bond donors (Lipinski definition) is 1. The minimum atomic E-state index is -0.372. The highest BCUT2D eigenvalue weighted by Crippen LogP contribution is 2.26. The van der Waals surface area contributed by atoms with Crippen LogP contribution in [0.4, 0.5) is 0 Å². The highest BCUT2D eigenvalue weighted by Gasteiger charge is 2.09. The molecule has 2 aromatic rings. The van der Waals surface area contributed by atoms with Crippen LogP contribution in [0.1, 0.15) is 10.4 Å². The predicted octanol–water partition coefficient (Wildman–Crippen LogP) is 2.94. The van der Waals surface area contributed by atoms with E-state index >= 15 is 0 Å². The van der Waals surface area contributed by atoms with Gasteiger partial charge in [-0.05, 0) is 63.7 Å². The van der Waals surface area contributed by atoms with Gasteiger partial charge >= 0.3 is 5.97 Å². The van der Waals surface area contributed by atoms with E-state index in [0.29, 0.717) is 5.56 Å². The Hall–Kier alpha value is -1.30. The van der Waals surface area contributed by atoms with Gasteiger partial charge in [0.2, 0.25) is 0 Å². The molecule has 82 valence electrons. The van der Waals surface area contributed by atoms with E-state index in [4.69, 9.17) is 0 Å². The lowest BCUT2D eigenvalue weighted by Crippen LogP contribution is -2.01. The van der Waals surface area contributed by atoms with E-state index in [2.05, 4.69) is 27.3 Å². The standard InChI is InChI=1S/C12H9IO3/c1-16-12(15)8-4-7-5-9(14)2-3-10(7)11(13)6-8/h2-6,14H,1H3. The molecule has 0 bridgehead atoms. The predicted molar refractivity (Wildman–Crippen MR) is 69.7 cm³/mol. The number of carbonyl (C=O) groups excluding carboxylic acids is 1. The lowest BCUT2D eigenvalue weighted by Gasteiger charge is -2.05. The largest absolute Gasteiger partial charge is 0.508 e. The molecule has 0 saturated heterocycles. The normalized spacial score (nSPS) is 10.4. The molecule has 0 aliphatic rings. The maximum absolute atomic E-state index is 11.4. The molecule has 16 heavy (non-hydrogen) atoms. The van der Waals surface area contributed by atoms with Gasteiger partial charge in [-0.25, -0.2) is 4.79 Å². The summed E-state index contributed by atoms with van der Waals surface area (Å²) >= 11 is 2.16. The highest BCUT2D eigenvalue weighted by atomic mass is 127. The smallest absolute Gasteiger partial charge is 0.337 e. The summed E-state index contributed by atoms with van der Waals surface area (Å²) in [4.78, 5) is 11.4. The van der Waals surface area contributed by atoms with Crippen LogP contribution in [0.2, 0.25) is 0 Å². The molecule has 0 heterocycles. The van der Waals surface area contributed by atoms with Crippen molar-refractivity contribution in [3.05, 3.63) is 39.5 Å². The monoisotopic (exact) mass is 328 g/mol. The van der Waals surface area contributed by atoms with Crippen molar-refractivity contribution in [1.82, 2.24) is 0 Å². The Morgan fingerprint density at radius 3 is 2.75 bits per heavy atom. The Balaban J connectivity index is 2.69. The first kappa shape index (κ1) is 11.2. The zero-order chi connectivity index (χ0) is 11.7. The molecule has 0 fully saturated rings. The highest BCUT2D eigenvalue weighted by molar-refractivity contribution is 14.1. The summed E-state index contributed by atoms with van der Waals surface area (Å²) in [5.41, 5.74) is 0.491. The van der Waals surface area contributed by atoms with E-state index < -0.39 is 0 Å². The molecular formula is C12H9IO3. The lowest BCUT2D eigenvalue weighted by atomic mass is 10.1. The van der Waals surface area contributed by atoms with Gasteiger partial charge in [0, 0.05) is 3.57 Å². The quantitative estimate of drug-likeness (QED) is 0.647. The van der Waals surface area contributed by atoms with Crippen LogP contribution in [-0.2, 0) is 4.74 Å². The average Bonchev–Trinajstić information content (AvgIpc) is 2.27. The minimum Gasteiger partial charge on any atom is -0.508 e. The van der Waals surface area contributed by atoms with Crippen molar-refractivity contribution in [2.24, 2.45) is 0 Å². The van der Waals surface area contributed by atoms with E-state index in [0.717, 1.165) is 14.3 Å². The molecule has 0 aromatic heterocycles. The van der Waals surface area contributed by atoms with Gasteiger partial charge in [-0.3, -0.25) is 0 Å². The van der Waals surface area contributed by atoms with Gasteiger partial charge in [0.25, 0.3) is 0 Å². The summed E-state index contributed by atoms with van der Waals surface area (Å²) in [7, 11) is 1.35. The molecule has 0 radical (unpaired) electrons. The van der Waals surface area contributed by atoms with Gasteiger partial charge in [-0.15, -0.1) is 0 Å². The average molecular weight is 328 g/mol. The Morgan fingerprint density at radius 2 is 2.06 bits per heavy atom. The van der Waals surface area contributed by atoms with Crippen LogP contribution in [-0.4, -0.2) is 18.2 Å². The summed E-state index contributed by atoms with van der Waals surface area (Å²) in [5, 5.41) is 11.2. The van der Waals surface area contributed by atoms with E-state index in [9.17, 15) is 9.90 Å². The fourth-order valence-corrected chi connectivity index (χ4v) is 2.37. The molecule has 0 atom stereocenters. The topological polar surface area (TPSA) is 46.5 Å². The first-order valence-electron chi connectivity index (χ1n) is 4.62. The number of esters is 1. The van der Waals surface area contributed by atoms with Crippen molar-refractivity contribution < 1.29 is 14.6 Å². The SMILES string of the molecule is COC(=O)c1cc(I)c2ccc(O)cc2c1. The van der Waals surface area contributed by atoms with Gasteiger partial charge in [-0.2, -0.15) is 0 Å². The third-order valence-corrected chi connectivity index (χ3v) is 3.20. The van der Waals surface area contributed by atoms with E-state index in [1.807, 2.05) is 6.07 Å². The van der Waals surface area contributed by atoms with Crippen LogP contribution >= 0.6 is 22.6 Å². The Kier molecular flexibility index (Phi) is 3.00. The molecule has 2 rings (SSSR count). The Bertz CT molecular complexity index is 563. The second-order valence-corrected chi connectivity index (χ2v) is 4.52. The fraction of sp³-hybridized carbons (Fsp3) is 0.0833. The molecule has 0 amide bonds. The molecule has 0 unspecified atom stereocenters. The fourth-order valence-electron chi connectivity index (χ4n) is 1.55. The van der Waals surface area contributed by atoms with Crippen LogP contribution < -0.4 is 0 Å². The second-order valence-electron chi connectivity index (χ2n) is 3.36. The Morgan fingerprint density at radius 1 is 1.31 bits per heavy atom. The number of carbonyl (C=O) groups is 1. The number of methoxy groups -OCH3 is 1. The van der Waals surface area contributed by atoms with Crippen LogP contribution in [0.3, 0.4) is 0 Å². The van der Waals surface area contributed by atoms with E-state index in [-0.39, 0.29) is 11.7 Å². The van der Waals surface area contributed by atoms with Gasteiger partial charge in [-0.1, -0.05) is 0 Å². The third-order valence-electron chi connectivity index (χ3n) is 2.31. The van der Waals surface area contributed by atoms with Gasteiger partial charge in [0.1, 0.15) is 5.75 Å². The molecule has 3 nitrogen and oxygen atoms in total. The summed E-state index contributed by atoms with van der Waals surface area (Å²) < 4.78 is 5.62. The number of aromatic hydroxyl groups is 1. The number of hydrogen-bond acceptors (Lipinski definition) is 3. The van der Waals surface area contributed by atoms with Crippen LogP contribution in [0, 0.1) is 3.57 Å². The number of phenols is 1. The van der Waals surface area contributed by atoms with Crippen molar-refractivity contribution in [2.75, 3.05) is 7.11 Å².